The summed E-state index contributed by atoms with van der Waals surface area (Å²) in [5.74, 6) is -0.853. The van der Waals surface area contributed by atoms with Crippen molar-refractivity contribution in [2.75, 3.05) is 26.2 Å². The molecule has 2 rings (SSSR count). The summed E-state index contributed by atoms with van der Waals surface area (Å²) in [5, 5.41) is 8.58. The number of carbonyl (C=O) groups is 1. The summed E-state index contributed by atoms with van der Waals surface area (Å²) < 4.78 is 0. The predicted molar refractivity (Wildman–Crippen MR) is 67.0 cm³/mol. The van der Waals surface area contributed by atoms with Crippen LogP contribution < -0.4 is 0 Å². The second kappa shape index (κ2) is 5.65. The number of fused-ring (bicyclic) bond motifs is 1. The van der Waals surface area contributed by atoms with Gasteiger partial charge < -0.3 is 5.11 Å². The van der Waals surface area contributed by atoms with Gasteiger partial charge in [-0.2, -0.15) is 0 Å². The highest BCUT2D eigenvalue weighted by molar-refractivity contribution is 5.79. The molecule has 2 unspecified atom stereocenters. The van der Waals surface area contributed by atoms with E-state index in [-0.39, 0.29) is 0 Å². The third-order valence-electron chi connectivity index (χ3n) is 3.92. The van der Waals surface area contributed by atoms with Gasteiger partial charge in [-0.25, -0.2) is 4.79 Å². The van der Waals surface area contributed by atoms with Gasteiger partial charge in [0.2, 0.25) is 0 Å². The molecule has 1 N–H and O–H groups in total. The molecule has 0 aromatic carbocycles. The Balaban J connectivity index is 1.88. The highest BCUT2D eigenvalue weighted by atomic mass is 16.4. The number of piperidine rings is 1. The van der Waals surface area contributed by atoms with E-state index in [1.165, 1.54) is 31.9 Å². The molecule has 2 fully saturated rings. The lowest BCUT2D eigenvalue weighted by Gasteiger charge is -2.47. The first-order chi connectivity index (χ1) is 8.16. The fourth-order valence-corrected chi connectivity index (χ4v) is 2.96. The Labute approximate surface area is 103 Å². The van der Waals surface area contributed by atoms with Crippen molar-refractivity contribution in [1.29, 1.82) is 0 Å². The maximum atomic E-state index is 10.4. The third-order valence-corrected chi connectivity index (χ3v) is 3.92. The number of aliphatic carboxylic acids is 1. The van der Waals surface area contributed by atoms with E-state index in [1.54, 1.807) is 6.08 Å². The molecule has 2 saturated heterocycles. The normalized spacial score (nSPS) is 31.6. The zero-order valence-corrected chi connectivity index (χ0v) is 10.5. The van der Waals surface area contributed by atoms with Gasteiger partial charge in [0, 0.05) is 37.8 Å². The van der Waals surface area contributed by atoms with Crippen molar-refractivity contribution in [2.45, 2.75) is 38.3 Å². The molecule has 0 bridgehead atoms. The summed E-state index contributed by atoms with van der Waals surface area (Å²) in [7, 11) is 0. The molecule has 0 radical (unpaired) electrons. The molecule has 4 nitrogen and oxygen atoms in total. The molecular formula is C13H22N2O2. The highest BCUT2D eigenvalue weighted by Crippen LogP contribution is 2.23. The van der Waals surface area contributed by atoms with E-state index >= 15 is 0 Å². The number of carboxylic acids is 1. The number of nitrogens with zero attached hydrogens (tertiary/aromatic N) is 2. The van der Waals surface area contributed by atoms with Crippen LogP contribution in [0.1, 0.15) is 26.2 Å². The van der Waals surface area contributed by atoms with Crippen molar-refractivity contribution in [3.05, 3.63) is 12.2 Å². The van der Waals surface area contributed by atoms with Crippen molar-refractivity contribution in [3.8, 4) is 0 Å². The standard InChI is InChI=1S/C13H22N2O2/c1-11-9-15-7-3-2-5-12(15)10-14(11)8-4-6-13(16)17/h4,6,11-12H,2-3,5,7-10H2,1H3,(H,16,17). The molecule has 0 amide bonds. The monoisotopic (exact) mass is 238 g/mol. The molecule has 96 valence electrons. The van der Waals surface area contributed by atoms with Crippen LogP contribution in [0.4, 0.5) is 0 Å². The van der Waals surface area contributed by atoms with E-state index in [0.29, 0.717) is 12.1 Å². The van der Waals surface area contributed by atoms with Crippen LogP contribution in [0, 0.1) is 0 Å². The van der Waals surface area contributed by atoms with E-state index in [2.05, 4.69) is 16.7 Å². The molecule has 4 heteroatoms. The van der Waals surface area contributed by atoms with Gasteiger partial charge in [-0.1, -0.05) is 12.5 Å². The highest BCUT2D eigenvalue weighted by Gasteiger charge is 2.32. The molecule has 17 heavy (non-hydrogen) atoms. The summed E-state index contributed by atoms with van der Waals surface area (Å²) in [6.45, 7) is 6.46. The van der Waals surface area contributed by atoms with Gasteiger partial charge in [0.15, 0.2) is 0 Å². The molecule has 2 aliphatic heterocycles. The van der Waals surface area contributed by atoms with Crippen LogP contribution in [0.5, 0.6) is 0 Å². The average Bonchev–Trinajstić information content (AvgIpc) is 2.29. The van der Waals surface area contributed by atoms with Gasteiger partial charge in [0.1, 0.15) is 0 Å². The second-order valence-corrected chi connectivity index (χ2v) is 5.19. The van der Waals surface area contributed by atoms with Gasteiger partial charge in [0.05, 0.1) is 0 Å². The molecule has 2 aliphatic rings. The largest absolute Gasteiger partial charge is 0.478 e. The Morgan fingerprint density at radius 2 is 2.24 bits per heavy atom. The van der Waals surface area contributed by atoms with Crippen LogP contribution >= 0.6 is 0 Å². The third kappa shape index (κ3) is 3.30. The number of carboxylic acid groups (broad SMARTS) is 1. The van der Waals surface area contributed by atoms with Crippen LogP contribution in [-0.4, -0.2) is 59.1 Å². The van der Waals surface area contributed by atoms with Crippen LogP contribution in [-0.2, 0) is 4.79 Å². The smallest absolute Gasteiger partial charge is 0.328 e. The van der Waals surface area contributed by atoms with E-state index in [0.717, 1.165) is 19.6 Å². The minimum Gasteiger partial charge on any atom is -0.478 e. The van der Waals surface area contributed by atoms with Gasteiger partial charge in [-0.15, -0.1) is 0 Å². The fraction of sp³-hybridized carbons (Fsp3) is 0.769. The van der Waals surface area contributed by atoms with Crippen LogP contribution in [0.15, 0.2) is 12.2 Å². The molecule has 2 heterocycles. The lowest BCUT2D eigenvalue weighted by Crippen LogP contribution is -2.58. The minimum atomic E-state index is -0.853. The molecule has 0 aromatic rings. The van der Waals surface area contributed by atoms with E-state index in [9.17, 15) is 4.79 Å². The summed E-state index contributed by atoms with van der Waals surface area (Å²) in [6, 6.07) is 1.22. The Morgan fingerprint density at radius 1 is 1.41 bits per heavy atom. The first-order valence-electron chi connectivity index (χ1n) is 6.54. The summed E-state index contributed by atoms with van der Waals surface area (Å²) in [4.78, 5) is 15.4. The number of hydrogen-bond acceptors (Lipinski definition) is 3. The fourth-order valence-electron chi connectivity index (χ4n) is 2.96. The topological polar surface area (TPSA) is 43.8 Å². The molecule has 0 aliphatic carbocycles. The van der Waals surface area contributed by atoms with E-state index < -0.39 is 5.97 Å². The average molecular weight is 238 g/mol. The quantitative estimate of drug-likeness (QED) is 0.750. The zero-order valence-electron chi connectivity index (χ0n) is 10.5. The summed E-state index contributed by atoms with van der Waals surface area (Å²) >= 11 is 0. The lowest BCUT2D eigenvalue weighted by atomic mass is 9.97. The lowest BCUT2D eigenvalue weighted by molar-refractivity contribution is -0.131. The molecule has 2 atom stereocenters. The first-order valence-corrected chi connectivity index (χ1v) is 6.54. The molecule has 0 aromatic heterocycles. The Bertz CT molecular complexity index is 304. The van der Waals surface area contributed by atoms with Crippen molar-refractivity contribution >= 4 is 5.97 Å². The van der Waals surface area contributed by atoms with Crippen molar-refractivity contribution in [2.24, 2.45) is 0 Å². The van der Waals surface area contributed by atoms with Crippen LogP contribution in [0.2, 0.25) is 0 Å². The van der Waals surface area contributed by atoms with Crippen LogP contribution in [0.3, 0.4) is 0 Å². The van der Waals surface area contributed by atoms with E-state index in [1.807, 2.05) is 0 Å². The summed E-state index contributed by atoms with van der Waals surface area (Å²) in [6.07, 6.45) is 6.99. The van der Waals surface area contributed by atoms with Gasteiger partial charge >= 0.3 is 5.97 Å². The minimum absolute atomic E-state index is 0.530. The first kappa shape index (κ1) is 12.6. The molecule has 0 spiro atoms. The molecular weight excluding hydrogens is 216 g/mol. The Kier molecular flexibility index (Phi) is 4.18. The second-order valence-electron chi connectivity index (χ2n) is 5.19. The molecule has 0 saturated carbocycles. The maximum Gasteiger partial charge on any atom is 0.328 e. The van der Waals surface area contributed by atoms with Crippen molar-refractivity contribution in [1.82, 2.24) is 9.80 Å². The SMILES string of the molecule is CC1CN2CCCCC2CN1CC=CC(=O)O. The maximum absolute atomic E-state index is 10.4. The summed E-state index contributed by atoms with van der Waals surface area (Å²) in [5.41, 5.74) is 0. The zero-order chi connectivity index (χ0) is 12.3. The predicted octanol–water partition coefficient (Wildman–Crippen LogP) is 1.19. The van der Waals surface area contributed by atoms with Gasteiger partial charge in [-0.3, -0.25) is 9.80 Å². The number of hydrogen-bond donors (Lipinski definition) is 1. The van der Waals surface area contributed by atoms with Gasteiger partial charge in [-0.05, 0) is 26.3 Å². The Morgan fingerprint density at radius 3 is 3.00 bits per heavy atom. The van der Waals surface area contributed by atoms with Crippen LogP contribution in [0.25, 0.3) is 0 Å². The Hall–Kier alpha value is -0.870. The van der Waals surface area contributed by atoms with Crippen molar-refractivity contribution < 1.29 is 9.90 Å². The number of rotatable bonds is 3. The van der Waals surface area contributed by atoms with Crippen molar-refractivity contribution in [3.63, 3.8) is 0 Å². The van der Waals surface area contributed by atoms with Gasteiger partial charge in [0.25, 0.3) is 0 Å². The van der Waals surface area contributed by atoms with E-state index in [4.69, 9.17) is 5.11 Å². The number of piperazine rings is 1.